The summed E-state index contributed by atoms with van der Waals surface area (Å²) in [6.07, 6.45) is 2.15. The number of carbonyl (C=O) groups excluding carboxylic acids is 1. The van der Waals surface area contributed by atoms with E-state index in [1.165, 1.54) is 6.33 Å². The van der Waals surface area contributed by atoms with E-state index in [2.05, 4.69) is 20.5 Å². The molecule has 24 heavy (non-hydrogen) atoms. The molecule has 7 nitrogen and oxygen atoms in total. The number of nitrogens with zero attached hydrogens (tertiary/aromatic N) is 5. The zero-order valence-corrected chi connectivity index (χ0v) is 14.0. The molecule has 0 aliphatic rings. The highest BCUT2D eigenvalue weighted by molar-refractivity contribution is 5.94. The molecule has 1 aromatic carbocycles. The van der Waals surface area contributed by atoms with Crippen LogP contribution in [0.15, 0.2) is 36.7 Å². The minimum absolute atomic E-state index is 0.0999. The predicted molar refractivity (Wildman–Crippen MR) is 90.1 cm³/mol. The Balaban J connectivity index is 1.61. The maximum absolute atomic E-state index is 12.2. The Labute approximate surface area is 140 Å². The summed E-state index contributed by atoms with van der Waals surface area (Å²) in [4.78, 5) is 16.3. The van der Waals surface area contributed by atoms with Crippen LogP contribution in [0.5, 0.6) is 0 Å². The Hall–Kier alpha value is -2.96. The molecule has 0 saturated carbocycles. The van der Waals surface area contributed by atoms with Crippen LogP contribution in [0.3, 0.4) is 0 Å². The lowest BCUT2D eigenvalue weighted by molar-refractivity contribution is 0.0954. The molecule has 0 saturated heterocycles. The van der Waals surface area contributed by atoms with Gasteiger partial charge in [0.25, 0.3) is 5.91 Å². The molecule has 0 radical (unpaired) electrons. The normalized spacial score (nSPS) is 10.8. The summed E-state index contributed by atoms with van der Waals surface area (Å²) < 4.78 is 3.57. The van der Waals surface area contributed by atoms with Gasteiger partial charge in [-0.2, -0.15) is 10.2 Å². The van der Waals surface area contributed by atoms with Crippen molar-refractivity contribution in [1.82, 2.24) is 29.9 Å². The number of hydrogen-bond donors (Lipinski definition) is 1. The SMILES string of the molecule is Cc1cc(C)n(-c2ccc(C(=O)NCCc3ncnn3C)cc2)n1. The monoisotopic (exact) mass is 324 g/mol. The van der Waals surface area contributed by atoms with Gasteiger partial charge in [-0.3, -0.25) is 9.48 Å². The first-order chi connectivity index (χ1) is 11.5. The van der Waals surface area contributed by atoms with E-state index >= 15 is 0 Å². The molecule has 0 unspecified atom stereocenters. The van der Waals surface area contributed by atoms with Crippen molar-refractivity contribution in [3.05, 3.63) is 59.4 Å². The molecule has 0 atom stereocenters. The van der Waals surface area contributed by atoms with E-state index in [1.807, 2.05) is 55.9 Å². The summed E-state index contributed by atoms with van der Waals surface area (Å²) >= 11 is 0. The third-order valence-corrected chi connectivity index (χ3v) is 3.82. The van der Waals surface area contributed by atoms with Crippen LogP contribution in [-0.2, 0) is 13.5 Å². The first kappa shape index (κ1) is 15.9. The molecule has 3 aromatic rings. The Kier molecular flexibility index (Phi) is 4.41. The number of amides is 1. The molecule has 1 N–H and O–H groups in total. The van der Waals surface area contributed by atoms with E-state index in [0.717, 1.165) is 22.9 Å². The average Bonchev–Trinajstić information content (AvgIpc) is 3.12. The second-order valence-corrected chi connectivity index (χ2v) is 5.69. The van der Waals surface area contributed by atoms with Crippen molar-refractivity contribution in [3.63, 3.8) is 0 Å². The van der Waals surface area contributed by atoms with Gasteiger partial charge in [-0.15, -0.1) is 0 Å². The van der Waals surface area contributed by atoms with Gasteiger partial charge in [-0.1, -0.05) is 0 Å². The fraction of sp³-hybridized carbons (Fsp3) is 0.294. The van der Waals surface area contributed by atoms with Gasteiger partial charge in [0, 0.05) is 31.3 Å². The first-order valence-electron chi connectivity index (χ1n) is 7.79. The van der Waals surface area contributed by atoms with Crippen molar-refractivity contribution in [2.45, 2.75) is 20.3 Å². The molecule has 0 aliphatic heterocycles. The predicted octanol–water partition coefficient (Wildman–Crippen LogP) is 1.59. The van der Waals surface area contributed by atoms with Crippen LogP contribution in [0, 0.1) is 13.8 Å². The third kappa shape index (κ3) is 3.34. The van der Waals surface area contributed by atoms with E-state index in [9.17, 15) is 4.79 Å². The molecule has 0 fully saturated rings. The van der Waals surface area contributed by atoms with Gasteiger partial charge in [-0.05, 0) is 44.2 Å². The molecular weight excluding hydrogens is 304 g/mol. The van der Waals surface area contributed by atoms with Crippen LogP contribution < -0.4 is 5.32 Å². The van der Waals surface area contributed by atoms with Crippen LogP contribution in [0.2, 0.25) is 0 Å². The van der Waals surface area contributed by atoms with Crippen molar-refractivity contribution >= 4 is 5.91 Å². The van der Waals surface area contributed by atoms with Gasteiger partial charge in [0.2, 0.25) is 0 Å². The number of carbonyl (C=O) groups is 1. The number of benzene rings is 1. The maximum atomic E-state index is 12.2. The van der Waals surface area contributed by atoms with Crippen LogP contribution in [0.1, 0.15) is 27.6 Å². The summed E-state index contributed by atoms with van der Waals surface area (Å²) in [5, 5.41) is 11.3. The van der Waals surface area contributed by atoms with Crippen molar-refractivity contribution < 1.29 is 4.79 Å². The van der Waals surface area contributed by atoms with Crippen LogP contribution in [0.25, 0.3) is 5.69 Å². The van der Waals surface area contributed by atoms with Crippen molar-refractivity contribution in [2.24, 2.45) is 7.05 Å². The maximum Gasteiger partial charge on any atom is 0.251 e. The largest absolute Gasteiger partial charge is 0.352 e. The molecule has 7 heteroatoms. The fourth-order valence-electron chi connectivity index (χ4n) is 2.58. The van der Waals surface area contributed by atoms with E-state index < -0.39 is 0 Å². The quantitative estimate of drug-likeness (QED) is 0.773. The molecule has 3 rings (SSSR count). The molecule has 1 amide bonds. The van der Waals surface area contributed by atoms with E-state index in [0.29, 0.717) is 18.5 Å². The minimum Gasteiger partial charge on any atom is -0.352 e. The summed E-state index contributed by atoms with van der Waals surface area (Å²) in [6.45, 7) is 4.49. The van der Waals surface area contributed by atoms with Gasteiger partial charge in [-0.25, -0.2) is 9.67 Å². The minimum atomic E-state index is -0.0999. The van der Waals surface area contributed by atoms with Gasteiger partial charge in [0.1, 0.15) is 12.2 Å². The van der Waals surface area contributed by atoms with Gasteiger partial charge in [0.05, 0.1) is 11.4 Å². The Morgan fingerprint density at radius 1 is 1.21 bits per heavy atom. The summed E-state index contributed by atoms with van der Waals surface area (Å²) in [5.41, 5.74) is 3.60. The van der Waals surface area contributed by atoms with E-state index in [4.69, 9.17) is 0 Å². The number of nitrogens with one attached hydrogen (secondary N) is 1. The highest BCUT2D eigenvalue weighted by Gasteiger charge is 2.08. The zero-order valence-electron chi connectivity index (χ0n) is 14.0. The number of aromatic nitrogens is 5. The van der Waals surface area contributed by atoms with Gasteiger partial charge < -0.3 is 5.32 Å². The third-order valence-electron chi connectivity index (χ3n) is 3.82. The number of hydrogen-bond acceptors (Lipinski definition) is 4. The van der Waals surface area contributed by atoms with Crippen molar-refractivity contribution in [1.29, 1.82) is 0 Å². The highest BCUT2D eigenvalue weighted by atomic mass is 16.1. The Morgan fingerprint density at radius 3 is 2.54 bits per heavy atom. The molecule has 0 bridgehead atoms. The smallest absolute Gasteiger partial charge is 0.251 e. The van der Waals surface area contributed by atoms with E-state index in [1.54, 1.807) is 4.68 Å². The zero-order chi connectivity index (χ0) is 17.1. The highest BCUT2D eigenvalue weighted by Crippen LogP contribution is 2.13. The van der Waals surface area contributed by atoms with Crippen molar-refractivity contribution in [2.75, 3.05) is 6.54 Å². The standard InChI is InChI=1S/C17H20N6O/c1-12-10-13(2)23(21-12)15-6-4-14(5-7-15)17(24)18-9-8-16-19-11-20-22(16)3/h4-7,10-11H,8-9H2,1-3H3,(H,18,24). The molecular formula is C17H20N6O. The number of rotatable bonds is 5. The van der Waals surface area contributed by atoms with E-state index in [-0.39, 0.29) is 5.91 Å². The Morgan fingerprint density at radius 2 is 1.96 bits per heavy atom. The first-order valence-corrected chi connectivity index (χ1v) is 7.79. The molecule has 124 valence electrons. The molecule has 0 spiro atoms. The van der Waals surface area contributed by atoms with Crippen molar-refractivity contribution in [3.8, 4) is 5.69 Å². The topological polar surface area (TPSA) is 77.6 Å². The second-order valence-electron chi connectivity index (χ2n) is 5.69. The Bertz CT molecular complexity index is 846. The number of aryl methyl sites for hydroxylation is 3. The molecule has 2 heterocycles. The van der Waals surface area contributed by atoms with Crippen LogP contribution >= 0.6 is 0 Å². The summed E-state index contributed by atoms with van der Waals surface area (Å²) in [7, 11) is 1.84. The summed E-state index contributed by atoms with van der Waals surface area (Å²) in [6, 6.07) is 9.44. The average molecular weight is 324 g/mol. The van der Waals surface area contributed by atoms with Crippen LogP contribution in [-0.4, -0.2) is 37.0 Å². The molecule has 2 aromatic heterocycles. The molecule has 0 aliphatic carbocycles. The summed E-state index contributed by atoms with van der Waals surface area (Å²) in [5.74, 6) is 0.743. The fourth-order valence-corrected chi connectivity index (χ4v) is 2.58. The lowest BCUT2D eigenvalue weighted by Crippen LogP contribution is -2.26. The van der Waals surface area contributed by atoms with Crippen LogP contribution in [0.4, 0.5) is 0 Å². The second kappa shape index (κ2) is 6.66. The lowest BCUT2D eigenvalue weighted by atomic mass is 10.2. The lowest BCUT2D eigenvalue weighted by Gasteiger charge is -2.07. The van der Waals surface area contributed by atoms with Gasteiger partial charge in [0.15, 0.2) is 0 Å². The van der Waals surface area contributed by atoms with Gasteiger partial charge >= 0.3 is 0 Å².